The average Bonchev–Trinajstić information content (AvgIpc) is 2.87. The fourth-order valence-corrected chi connectivity index (χ4v) is 1.21. The second-order valence-electron chi connectivity index (χ2n) is 3.45. The molecule has 0 spiro atoms. The second kappa shape index (κ2) is 3.30. The molecule has 0 unspecified atom stereocenters. The highest BCUT2D eigenvalue weighted by Gasteiger charge is 2.21. The smallest absolute Gasteiger partial charge is 0.223 e. The van der Waals surface area contributed by atoms with Crippen molar-refractivity contribution in [3.63, 3.8) is 0 Å². The third kappa shape index (κ3) is 2.15. The molecule has 1 aliphatic rings. The van der Waals surface area contributed by atoms with Crippen LogP contribution in [0.5, 0.6) is 0 Å². The lowest BCUT2D eigenvalue weighted by Gasteiger charge is -2.05. The Hall–Kier alpha value is -1.16. The standard InChI is InChI=1S/C9H14N4/c1-6-4-8(5-10)13-9(11-6)12-7-2-3-7/h4,7H,2-3,5,10H2,1H3,(H,11,12,13). The van der Waals surface area contributed by atoms with Gasteiger partial charge in [0.1, 0.15) is 0 Å². The zero-order chi connectivity index (χ0) is 9.26. The van der Waals surface area contributed by atoms with E-state index in [2.05, 4.69) is 15.3 Å². The van der Waals surface area contributed by atoms with E-state index in [0.29, 0.717) is 12.6 Å². The Morgan fingerprint density at radius 1 is 1.54 bits per heavy atom. The first-order chi connectivity index (χ1) is 6.28. The van der Waals surface area contributed by atoms with Gasteiger partial charge in [0, 0.05) is 18.3 Å². The van der Waals surface area contributed by atoms with Gasteiger partial charge in [0.15, 0.2) is 0 Å². The van der Waals surface area contributed by atoms with Crippen LogP contribution in [0.1, 0.15) is 24.2 Å². The molecule has 4 nitrogen and oxygen atoms in total. The number of hydrogen-bond acceptors (Lipinski definition) is 4. The van der Waals surface area contributed by atoms with Crippen molar-refractivity contribution in [2.75, 3.05) is 5.32 Å². The highest BCUT2D eigenvalue weighted by Crippen LogP contribution is 2.22. The van der Waals surface area contributed by atoms with Crippen LogP contribution in [0.4, 0.5) is 5.95 Å². The average molecular weight is 178 g/mol. The number of anilines is 1. The molecule has 1 fully saturated rings. The maximum Gasteiger partial charge on any atom is 0.223 e. The lowest BCUT2D eigenvalue weighted by atomic mass is 10.3. The number of nitrogens with one attached hydrogen (secondary N) is 1. The van der Waals surface area contributed by atoms with Gasteiger partial charge in [0.05, 0.1) is 5.69 Å². The normalized spacial score (nSPS) is 15.8. The summed E-state index contributed by atoms with van der Waals surface area (Å²) >= 11 is 0. The van der Waals surface area contributed by atoms with Crippen LogP contribution in [0.25, 0.3) is 0 Å². The van der Waals surface area contributed by atoms with E-state index in [-0.39, 0.29) is 0 Å². The molecule has 1 heterocycles. The number of aromatic nitrogens is 2. The number of hydrogen-bond donors (Lipinski definition) is 2. The zero-order valence-corrected chi connectivity index (χ0v) is 7.75. The van der Waals surface area contributed by atoms with Crippen molar-refractivity contribution in [1.82, 2.24) is 9.97 Å². The topological polar surface area (TPSA) is 63.8 Å². The van der Waals surface area contributed by atoms with Crippen molar-refractivity contribution in [2.24, 2.45) is 5.73 Å². The van der Waals surface area contributed by atoms with Gasteiger partial charge in [-0.05, 0) is 25.8 Å². The molecular weight excluding hydrogens is 164 g/mol. The summed E-state index contributed by atoms with van der Waals surface area (Å²) in [6, 6.07) is 2.50. The maximum atomic E-state index is 5.52. The van der Waals surface area contributed by atoms with Gasteiger partial charge < -0.3 is 11.1 Å². The molecule has 4 heteroatoms. The summed E-state index contributed by atoms with van der Waals surface area (Å²) in [6.45, 7) is 2.43. The van der Waals surface area contributed by atoms with Crippen molar-refractivity contribution >= 4 is 5.95 Å². The van der Waals surface area contributed by atoms with Crippen molar-refractivity contribution in [2.45, 2.75) is 32.4 Å². The molecule has 0 aromatic carbocycles. The van der Waals surface area contributed by atoms with Crippen LogP contribution in [-0.2, 0) is 6.54 Å². The molecule has 2 rings (SSSR count). The number of rotatable bonds is 3. The molecule has 1 aromatic heterocycles. The van der Waals surface area contributed by atoms with Crippen molar-refractivity contribution in [3.05, 3.63) is 17.5 Å². The summed E-state index contributed by atoms with van der Waals surface area (Å²) < 4.78 is 0. The third-order valence-electron chi connectivity index (χ3n) is 2.03. The van der Waals surface area contributed by atoms with Gasteiger partial charge in [-0.2, -0.15) is 0 Å². The molecule has 1 aromatic rings. The van der Waals surface area contributed by atoms with Crippen LogP contribution in [0.3, 0.4) is 0 Å². The molecule has 70 valence electrons. The molecule has 0 aliphatic heterocycles. The first kappa shape index (κ1) is 8.44. The molecule has 0 bridgehead atoms. The molecule has 3 N–H and O–H groups in total. The van der Waals surface area contributed by atoms with Crippen molar-refractivity contribution in [3.8, 4) is 0 Å². The summed E-state index contributed by atoms with van der Waals surface area (Å²) in [6.07, 6.45) is 2.46. The van der Waals surface area contributed by atoms with E-state index in [1.807, 2.05) is 13.0 Å². The van der Waals surface area contributed by atoms with Gasteiger partial charge in [-0.1, -0.05) is 0 Å². The molecular formula is C9H14N4. The molecule has 1 saturated carbocycles. The summed E-state index contributed by atoms with van der Waals surface area (Å²) in [7, 11) is 0. The van der Waals surface area contributed by atoms with Crippen LogP contribution in [-0.4, -0.2) is 16.0 Å². The minimum atomic E-state index is 0.475. The van der Waals surface area contributed by atoms with E-state index in [0.717, 1.165) is 17.3 Å². The van der Waals surface area contributed by atoms with Crippen LogP contribution in [0, 0.1) is 6.92 Å². The van der Waals surface area contributed by atoms with E-state index in [1.165, 1.54) is 12.8 Å². The van der Waals surface area contributed by atoms with Crippen LogP contribution in [0.15, 0.2) is 6.07 Å². The van der Waals surface area contributed by atoms with E-state index in [1.54, 1.807) is 0 Å². The Morgan fingerprint density at radius 3 is 2.92 bits per heavy atom. The Morgan fingerprint density at radius 2 is 2.31 bits per heavy atom. The van der Waals surface area contributed by atoms with Crippen LogP contribution >= 0.6 is 0 Å². The molecule has 0 amide bonds. The predicted molar refractivity (Wildman–Crippen MR) is 51.3 cm³/mol. The van der Waals surface area contributed by atoms with Crippen molar-refractivity contribution < 1.29 is 0 Å². The molecule has 13 heavy (non-hydrogen) atoms. The monoisotopic (exact) mass is 178 g/mol. The number of nitrogens with two attached hydrogens (primary N) is 1. The first-order valence-corrected chi connectivity index (χ1v) is 4.59. The fourth-order valence-electron chi connectivity index (χ4n) is 1.21. The Bertz CT molecular complexity index is 306. The van der Waals surface area contributed by atoms with Gasteiger partial charge in [-0.15, -0.1) is 0 Å². The Balaban J connectivity index is 2.17. The largest absolute Gasteiger partial charge is 0.351 e. The van der Waals surface area contributed by atoms with Crippen LogP contribution in [0.2, 0.25) is 0 Å². The van der Waals surface area contributed by atoms with Gasteiger partial charge in [0.2, 0.25) is 5.95 Å². The molecule has 0 radical (unpaired) electrons. The van der Waals surface area contributed by atoms with Gasteiger partial charge in [-0.25, -0.2) is 9.97 Å². The van der Waals surface area contributed by atoms with Gasteiger partial charge >= 0.3 is 0 Å². The summed E-state index contributed by atoms with van der Waals surface area (Å²) in [5.74, 6) is 0.725. The summed E-state index contributed by atoms with van der Waals surface area (Å²) in [5, 5.41) is 3.25. The fraction of sp³-hybridized carbons (Fsp3) is 0.556. The van der Waals surface area contributed by atoms with E-state index < -0.39 is 0 Å². The zero-order valence-electron chi connectivity index (χ0n) is 7.75. The lowest BCUT2D eigenvalue weighted by Crippen LogP contribution is -2.09. The minimum absolute atomic E-state index is 0.475. The van der Waals surface area contributed by atoms with E-state index in [4.69, 9.17) is 5.73 Å². The van der Waals surface area contributed by atoms with Gasteiger partial charge in [0.25, 0.3) is 0 Å². The third-order valence-corrected chi connectivity index (χ3v) is 2.03. The lowest BCUT2D eigenvalue weighted by molar-refractivity contribution is 0.933. The van der Waals surface area contributed by atoms with Crippen molar-refractivity contribution in [1.29, 1.82) is 0 Å². The minimum Gasteiger partial charge on any atom is -0.351 e. The highest BCUT2D eigenvalue weighted by atomic mass is 15.1. The number of aryl methyl sites for hydroxylation is 1. The molecule has 1 aliphatic carbocycles. The van der Waals surface area contributed by atoms with Crippen LogP contribution < -0.4 is 11.1 Å². The highest BCUT2D eigenvalue weighted by molar-refractivity contribution is 5.31. The molecule has 0 atom stereocenters. The van der Waals surface area contributed by atoms with E-state index in [9.17, 15) is 0 Å². The SMILES string of the molecule is Cc1cc(CN)nc(NC2CC2)n1. The second-order valence-corrected chi connectivity index (χ2v) is 3.45. The van der Waals surface area contributed by atoms with Gasteiger partial charge in [-0.3, -0.25) is 0 Å². The Labute approximate surface area is 77.6 Å². The number of nitrogens with zero attached hydrogens (tertiary/aromatic N) is 2. The summed E-state index contributed by atoms with van der Waals surface area (Å²) in [4.78, 5) is 8.57. The Kier molecular flexibility index (Phi) is 2.14. The molecule has 0 saturated heterocycles. The maximum absolute atomic E-state index is 5.52. The quantitative estimate of drug-likeness (QED) is 0.719. The summed E-state index contributed by atoms with van der Waals surface area (Å²) in [5.41, 5.74) is 7.39. The van der Waals surface area contributed by atoms with E-state index >= 15 is 0 Å². The predicted octanol–water partition coefficient (Wildman–Crippen LogP) is 0.818. The first-order valence-electron chi connectivity index (χ1n) is 4.59.